The summed E-state index contributed by atoms with van der Waals surface area (Å²) in [6, 6.07) is 10.8. The van der Waals surface area contributed by atoms with Crippen molar-refractivity contribution in [3.63, 3.8) is 0 Å². The Bertz CT molecular complexity index is 1520. The molecule has 6 rings (SSSR count). The van der Waals surface area contributed by atoms with E-state index in [1.165, 1.54) is 18.9 Å². The third kappa shape index (κ3) is 4.39. The second-order valence-electron chi connectivity index (χ2n) is 8.62. The molecule has 0 unspecified atom stereocenters. The van der Waals surface area contributed by atoms with Crippen LogP contribution in [0.25, 0.3) is 44.3 Å². The molecule has 0 aliphatic carbocycles. The van der Waals surface area contributed by atoms with Gasteiger partial charge in [-0.25, -0.2) is 9.37 Å². The molecule has 8 nitrogen and oxygen atoms in total. The molecular formula is C27H27FN6O2. The molecule has 0 spiro atoms. The van der Waals surface area contributed by atoms with Crippen molar-refractivity contribution >= 4 is 28.5 Å². The maximum Gasteiger partial charge on any atom is 0.209 e. The number of nitrogens with zero attached hydrogens (tertiary/aromatic N) is 5. The van der Waals surface area contributed by atoms with Crippen LogP contribution in [0, 0.1) is 5.82 Å². The Balaban J connectivity index is 0.000000330. The second-order valence-corrected chi connectivity index (χ2v) is 8.62. The molecule has 0 radical (unpaired) electrons. The van der Waals surface area contributed by atoms with Crippen LogP contribution in [0.1, 0.15) is 19.8 Å². The van der Waals surface area contributed by atoms with E-state index in [1.807, 2.05) is 42.0 Å². The molecule has 1 N–H and O–H groups in total. The van der Waals surface area contributed by atoms with Gasteiger partial charge in [0, 0.05) is 59.5 Å². The molecule has 1 saturated heterocycles. The summed E-state index contributed by atoms with van der Waals surface area (Å²) in [6.45, 7) is 4.72. The maximum atomic E-state index is 14.9. The van der Waals surface area contributed by atoms with Gasteiger partial charge in [-0.1, -0.05) is 6.07 Å². The van der Waals surface area contributed by atoms with Crippen molar-refractivity contribution in [2.24, 2.45) is 0 Å². The minimum atomic E-state index is -0.320. The molecule has 3 aromatic heterocycles. The van der Waals surface area contributed by atoms with Crippen molar-refractivity contribution in [1.82, 2.24) is 29.6 Å². The zero-order chi connectivity index (χ0) is 25.1. The van der Waals surface area contributed by atoms with Crippen LogP contribution in [0.2, 0.25) is 0 Å². The highest BCUT2D eigenvalue weighted by Gasteiger charge is 2.16. The lowest BCUT2D eigenvalue weighted by atomic mass is 9.97. The Hall–Kier alpha value is -4.27. The first-order chi connectivity index (χ1) is 17.6. The number of aromatic amines is 1. The number of H-pyrrole nitrogens is 1. The van der Waals surface area contributed by atoms with E-state index in [2.05, 4.69) is 20.2 Å². The van der Waals surface area contributed by atoms with Crippen molar-refractivity contribution in [2.45, 2.75) is 26.3 Å². The van der Waals surface area contributed by atoms with E-state index in [4.69, 9.17) is 4.74 Å². The lowest BCUT2D eigenvalue weighted by Crippen LogP contribution is -2.15. The topological polar surface area (TPSA) is 88.9 Å². The maximum absolute atomic E-state index is 14.9. The summed E-state index contributed by atoms with van der Waals surface area (Å²) in [6.07, 6.45) is 8.57. The largest absolute Gasteiger partial charge is 0.496 e. The summed E-state index contributed by atoms with van der Waals surface area (Å²) in [4.78, 5) is 19.4. The number of likely N-dealkylation sites (tertiary alicyclic amines) is 1. The van der Waals surface area contributed by atoms with Crippen molar-refractivity contribution in [2.75, 3.05) is 20.2 Å². The molecule has 4 heterocycles. The molecule has 0 atom stereocenters. The molecule has 9 heteroatoms. The molecule has 1 amide bonds. The van der Waals surface area contributed by atoms with Gasteiger partial charge in [0.05, 0.1) is 19.6 Å². The fourth-order valence-corrected chi connectivity index (χ4v) is 4.52. The molecule has 5 aromatic rings. The Morgan fingerprint density at radius 2 is 1.94 bits per heavy atom. The molecule has 0 bridgehead atoms. The first-order valence-electron chi connectivity index (χ1n) is 11.9. The van der Waals surface area contributed by atoms with E-state index in [-0.39, 0.29) is 5.82 Å². The number of fused-ring (bicyclic) bond motifs is 2. The van der Waals surface area contributed by atoms with Gasteiger partial charge in [-0.15, -0.1) is 5.10 Å². The number of imidazole rings is 1. The van der Waals surface area contributed by atoms with Gasteiger partial charge in [0.1, 0.15) is 17.1 Å². The number of rotatable bonds is 5. The van der Waals surface area contributed by atoms with Crippen LogP contribution in [0.3, 0.4) is 0 Å². The number of aromatic nitrogens is 5. The monoisotopic (exact) mass is 486 g/mol. The number of nitrogens with one attached hydrogen (secondary N) is 1. The smallest absolute Gasteiger partial charge is 0.209 e. The number of ether oxygens (including phenoxy) is 1. The Kier molecular flexibility index (Phi) is 6.62. The van der Waals surface area contributed by atoms with Gasteiger partial charge in [0.2, 0.25) is 6.41 Å². The van der Waals surface area contributed by atoms with Crippen molar-refractivity contribution in [3.05, 3.63) is 60.9 Å². The number of benzene rings is 2. The van der Waals surface area contributed by atoms with E-state index in [1.54, 1.807) is 30.6 Å². The zero-order valence-electron chi connectivity index (χ0n) is 20.2. The highest BCUT2D eigenvalue weighted by molar-refractivity contribution is 5.92. The molecule has 1 aliphatic heterocycles. The number of methoxy groups -OCH3 is 1. The summed E-state index contributed by atoms with van der Waals surface area (Å²) in [5, 5.41) is 9.32. The van der Waals surface area contributed by atoms with Gasteiger partial charge in [-0.2, -0.15) is 5.10 Å². The standard InChI is InChI=1S/C22H18FN5O.C5H9NO/c1-3-28-12-25-21-17(11-26-27-22(21)28)13-4-5-18(23)15(8-13)16-9-14-6-7-24-19(14)10-20(16)29-2;7-5-6-3-1-2-4-6/h4-12,24H,3H2,1-2H3;5H,1-4H2. The number of hydrogen-bond donors (Lipinski definition) is 1. The van der Waals surface area contributed by atoms with E-state index < -0.39 is 0 Å². The summed E-state index contributed by atoms with van der Waals surface area (Å²) in [5.74, 6) is 0.281. The SMILES string of the molecule is CCn1cnc2c(-c3ccc(F)c(-c4cc5cc[nH]c5cc4OC)c3)cnnc21.O=CN1CCCC1. The summed E-state index contributed by atoms with van der Waals surface area (Å²) in [5.41, 5.74) is 5.17. The fraction of sp³-hybridized carbons (Fsp3) is 0.259. The Labute approximate surface area is 207 Å². The summed E-state index contributed by atoms with van der Waals surface area (Å²) < 4.78 is 22.3. The van der Waals surface area contributed by atoms with Gasteiger partial charge < -0.3 is 19.2 Å². The van der Waals surface area contributed by atoms with Crippen LogP contribution < -0.4 is 4.74 Å². The van der Waals surface area contributed by atoms with Crippen LogP contribution in [0.15, 0.2) is 55.1 Å². The Morgan fingerprint density at radius 1 is 1.11 bits per heavy atom. The van der Waals surface area contributed by atoms with E-state index in [9.17, 15) is 9.18 Å². The quantitative estimate of drug-likeness (QED) is 0.351. The summed E-state index contributed by atoms with van der Waals surface area (Å²) >= 11 is 0. The predicted molar refractivity (Wildman–Crippen MR) is 137 cm³/mol. The van der Waals surface area contributed by atoms with Crippen LogP contribution >= 0.6 is 0 Å². The number of carbonyl (C=O) groups is 1. The second kappa shape index (κ2) is 10.2. The first kappa shape index (κ1) is 23.5. The molecular weight excluding hydrogens is 459 g/mol. The van der Waals surface area contributed by atoms with Crippen LogP contribution in [-0.2, 0) is 11.3 Å². The average molecular weight is 487 g/mol. The number of carbonyl (C=O) groups excluding carboxylic acids is 1. The molecule has 184 valence electrons. The van der Waals surface area contributed by atoms with E-state index >= 15 is 0 Å². The normalized spacial score (nSPS) is 13.1. The number of amides is 1. The predicted octanol–water partition coefficient (Wildman–Crippen LogP) is 5.05. The highest BCUT2D eigenvalue weighted by atomic mass is 19.1. The Morgan fingerprint density at radius 3 is 2.67 bits per heavy atom. The van der Waals surface area contributed by atoms with Gasteiger partial charge >= 0.3 is 0 Å². The van der Waals surface area contributed by atoms with Crippen molar-refractivity contribution in [3.8, 4) is 28.0 Å². The van der Waals surface area contributed by atoms with Crippen LogP contribution in [0.4, 0.5) is 4.39 Å². The summed E-state index contributed by atoms with van der Waals surface area (Å²) in [7, 11) is 1.59. The van der Waals surface area contributed by atoms with E-state index in [0.29, 0.717) is 22.5 Å². The third-order valence-corrected chi connectivity index (χ3v) is 6.48. The first-order valence-corrected chi connectivity index (χ1v) is 11.9. The van der Waals surface area contributed by atoms with Crippen LogP contribution in [0.5, 0.6) is 5.75 Å². The molecule has 0 saturated carbocycles. The zero-order valence-corrected chi connectivity index (χ0v) is 20.2. The lowest BCUT2D eigenvalue weighted by molar-refractivity contribution is -0.117. The number of halogens is 1. The van der Waals surface area contributed by atoms with Crippen molar-refractivity contribution < 1.29 is 13.9 Å². The van der Waals surface area contributed by atoms with Crippen molar-refractivity contribution in [1.29, 1.82) is 0 Å². The minimum absolute atomic E-state index is 0.320. The number of aryl methyl sites for hydroxylation is 1. The molecule has 1 fully saturated rings. The average Bonchev–Trinajstić information content (AvgIpc) is 3.69. The third-order valence-electron chi connectivity index (χ3n) is 6.48. The molecule has 2 aromatic carbocycles. The fourth-order valence-electron chi connectivity index (χ4n) is 4.52. The minimum Gasteiger partial charge on any atom is -0.496 e. The molecule has 1 aliphatic rings. The lowest BCUT2D eigenvalue weighted by Gasteiger charge is -2.12. The highest BCUT2D eigenvalue weighted by Crippen LogP contribution is 2.38. The number of hydrogen-bond acceptors (Lipinski definition) is 5. The van der Waals surface area contributed by atoms with E-state index in [0.717, 1.165) is 53.6 Å². The van der Waals surface area contributed by atoms with Gasteiger partial charge in [0.25, 0.3) is 0 Å². The van der Waals surface area contributed by atoms with Gasteiger partial charge in [-0.3, -0.25) is 4.79 Å². The van der Waals surface area contributed by atoms with Crippen LogP contribution in [-0.4, -0.2) is 56.2 Å². The van der Waals surface area contributed by atoms with Gasteiger partial charge in [0.15, 0.2) is 5.65 Å². The molecule has 36 heavy (non-hydrogen) atoms. The van der Waals surface area contributed by atoms with Gasteiger partial charge in [-0.05, 0) is 49.6 Å².